The quantitative estimate of drug-likeness (QED) is 0.134. The fraction of sp³-hybridized carbons (Fsp3) is 0.192. The molecule has 1 heterocycles. The highest BCUT2D eigenvalue weighted by atomic mass is 79.9. The second kappa shape index (κ2) is 11.0. The van der Waals surface area contributed by atoms with Crippen molar-refractivity contribution in [1.82, 2.24) is 9.66 Å². The van der Waals surface area contributed by atoms with Crippen molar-refractivity contribution < 1.29 is 9.66 Å². The van der Waals surface area contributed by atoms with Crippen molar-refractivity contribution >= 4 is 50.3 Å². The van der Waals surface area contributed by atoms with Gasteiger partial charge in [-0.2, -0.15) is 9.78 Å². The summed E-state index contributed by atoms with van der Waals surface area (Å²) in [6.07, 6.45) is 2.28. The van der Waals surface area contributed by atoms with E-state index in [4.69, 9.17) is 21.3 Å². The molecule has 0 unspecified atom stereocenters. The second-order valence-electron chi connectivity index (χ2n) is 8.20. The fourth-order valence-corrected chi connectivity index (χ4v) is 4.11. The van der Waals surface area contributed by atoms with Crippen molar-refractivity contribution in [2.75, 3.05) is 0 Å². The SMILES string of the molecule is CC[C@@H](C)c1nc2ccc(Br)cc2c(=O)n1N=Cc1cc(Cl)ccc1OCc1cccc([N+](=O)[O-])c1. The molecule has 0 fully saturated rings. The lowest BCUT2D eigenvalue weighted by atomic mass is 10.1. The predicted molar refractivity (Wildman–Crippen MR) is 144 cm³/mol. The Labute approximate surface area is 220 Å². The van der Waals surface area contributed by atoms with Gasteiger partial charge in [-0.3, -0.25) is 14.9 Å². The summed E-state index contributed by atoms with van der Waals surface area (Å²) in [6.45, 7) is 4.12. The standard InChI is InChI=1S/C26H22BrClN4O4/c1-3-16(2)25-30-23-9-7-19(27)13-22(23)26(33)31(25)29-14-18-12-20(28)8-10-24(18)36-15-17-5-4-6-21(11-17)32(34)35/h4-14,16H,3,15H2,1-2H3/t16-/m1/s1. The summed E-state index contributed by atoms with van der Waals surface area (Å²) in [5, 5.41) is 16.5. The Morgan fingerprint density at radius 3 is 2.78 bits per heavy atom. The number of nitrogens with zero attached hydrogens (tertiary/aromatic N) is 4. The molecule has 0 bridgehead atoms. The van der Waals surface area contributed by atoms with E-state index in [0.29, 0.717) is 38.6 Å². The molecule has 3 aromatic carbocycles. The Hall–Kier alpha value is -3.56. The Balaban J connectivity index is 1.72. The highest BCUT2D eigenvalue weighted by Gasteiger charge is 2.16. The number of rotatable bonds is 8. The third kappa shape index (κ3) is 5.63. The van der Waals surface area contributed by atoms with Gasteiger partial charge in [-0.05, 0) is 48.4 Å². The fourth-order valence-electron chi connectivity index (χ4n) is 3.57. The average Bonchev–Trinajstić information content (AvgIpc) is 2.87. The van der Waals surface area contributed by atoms with Gasteiger partial charge in [0.15, 0.2) is 0 Å². The molecule has 184 valence electrons. The van der Waals surface area contributed by atoms with Crippen molar-refractivity contribution in [2.45, 2.75) is 32.8 Å². The number of benzene rings is 3. The first-order valence-electron chi connectivity index (χ1n) is 11.2. The number of fused-ring (bicyclic) bond motifs is 1. The van der Waals surface area contributed by atoms with Crippen molar-refractivity contribution in [2.24, 2.45) is 5.10 Å². The van der Waals surface area contributed by atoms with E-state index in [0.717, 1.165) is 10.9 Å². The molecule has 0 saturated heterocycles. The highest BCUT2D eigenvalue weighted by molar-refractivity contribution is 9.10. The molecule has 10 heteroatoms. The van der Waals surface area contributed by atoms with Crippen molar-refractivity contribution in [3.63, 3.8) is 0 Å². The molecule has 8 nitrogen and oxygen atoms in total. The Morgan fingerprint density at radius 2 is 2.03 bits per heavy atom. The number of halogens is 2. The van der Waals surface area contributed by atoms with Crippen LogP contribution in [0.15, 0.2) is 75.0 Å². The maximum atomic E-state index is 13.4. The smallest absolute Gasteiger partial charge is 0.282 e. The first-order valence-corrected chi connectivity index (χ1v) is 12.4. The van der Waals surface area contributed by atoms with Crippen LogP contribution in [0.1, 0.15) is 43.1 Å². The molecule has 0 saturated carbocycles. The van der Waals surface area contributed by atoms with Gasteiger partial charge < -0.3 is 4.74 Å². The van der Waals surface area contributed by atoms with Crippen LogP contribution >= 0.6 is 27.5 Å². The van der Waals surface area contributed by atoms with E-state index >= 15 is 0 Å². The summed E-state index contributed by atoms with van der Waals surface area (Å²) in [5.74, 6) is 1.01. The number of hydrogen-bond donors (Lipinski definition) is 0. The van der Waals surface area contributed by atoms with Crippen LogP contribution in [0.4, 0.5) is 5.69 Å². The Morgan fingerprint density at radius 1 is 1.22 bits per heavy atom. The monoisotopic (exact) mass is 568 g/mol. The van der Waals surface area contributed by atoms with Crippen LogP contribution in [0.5, 0.6) is 5.75 Å². The van der Waals surface area contributed by atoms with Crippen molar-refractivity contribution in [1.29, 1.82) is 0 Å². The summed E-state index contributed by atoms with van der Waals surface area (Å²) in [7, 11) is 0. The Kier molecular flexibility index (Phi) is 7.81. The van der Waals surface area contributed by atoms with E-state index in [9.17, 15) is 14.9 Å². The van der Waals surface area contributed by atoms with Crippen LogP contribution in [0.2, 0.25) is 5.02 Å². The third-order valence-corrected chi connectivity index (χ3v) is 6.41. The Bertz CT molecular complexity index is 1540. The second-order valence-corrected chi connectivity index (χ2v) is 9.55. The lowest BCUT2D eigenvalue weighted by Crippen LogP contribution is -2.23. The van der Waals surface area contributed by atoms with Gasteiger partial charge in [0, 0.05) is 33.1 Å². The number of ether oxygens (including phenoxy) is 1. The first kappa shape index (κ1) is 25.5. The van der Waals surface area contributed by atoms with Gasteiger partial charge in [-0.15, -0.1) is 0 Å². The third-order valence-electron chi connectivity index (χ3n) is 5.69. The molecule has 0 spiro atoms. The van der Waals surface area contributed by atoms with E-state index < -0.39 is 4.92 Å². The molecule has 0 radical (unpaired) electrons. The lowest BCUT2D eigenvalue weighted by Gasteiger charge is -2.14. The van der Waals surface area contributed by atoms with E-state index in [1.54, 1.807) is 42.5 Å². The van der Waals surface area contributed by atoms with Gasteiger partial charge in [-0.25, -0.2) is 4.98 Å². The minimum Gasteiger partial charge on any atom is -0.488 e. The first-order chi connectivity index (χ1) is 17.3. The van der Waals surface area contributed by atoms with Crippen molar-refractivity contribution in [3.8, 4) is 5.75 Å². The summed E-state index contributed by atoms with van der Waals surface area (Å²) < 4.78 is 8.02. The highest BCUT2D eigenvalue weighted by Crippen LogP contribution is 2.24. The van der Waals surface area contributed by atoms with Gasteiger partial charge in [0.25, 0.3) is 11.2 Å². The predicted octanol–water partition coefficient (Wildman–Crippen LogP) is 6.70. The van der Waals surface area contributed by atoms with Crippen LogP contribution < -0.4 is 10.3 Å². The van der Waals surface area contributed by atoms with Crippen LogP contribution in [0.3, 0.4) is 0 Å². The molecule has 1 atom stereocenters. The van der Waals surface area contributed by atoms with Gasteiger partial charge in [0.1, 0.15) is 18.2 Å². The lowest BCUT2D eigenvalue weighted by molar-refractivity contribution is -0.384. The molecule has 0 aliphatic heterocycles. The number of aromatic nitrogens is 2. The molecular formula is C26H22BrClN4O4. The van der Waals surface area contributed by atoms with Gasteiger partial charge >= 0.3 is 0 Å². The van der Waals surface area contributed by atoms with Crippen LogP contribution in [-0.4, -0.2) is 20.8 Å². The van der Waals surface area contributed by atoms with Crippen molar-refractivity contribution in [3.05, 3.63) is 108 Å². The number of non-ortho nitro benzene ring substituents is 1. The maximum absolute atomic E-state index is 13.4. The zero-order valence-electron chi connectivity index (χ0n) is 19.5. The van der Waals surface area contributed by atoms with Crippen LogP contribution in [0, 0.1) is 10.1 Å². The van der Waals surface area contributed by atoms with Crippen LogP contribution in [0.25, 0.3) is 10.9 Å². The molecule has 0 aliphatic rings. The molecule has 0 N–H and O–H groups in total. The van der Waals surface area contributed by atoms with Crippen LogP contribution in [-0.2, 0) is 6.61 Å². The minimum absolute atomic E-state index is 0.00755. The molecule has 4 aromatic rings. The normalized spacial score (nSPS) is 12.2. The number of nitro groups is 1. The number of hydrogen-bond acceptors (Lipinski definition) is 6. The van der Waals surface area contributed by atoms with E-state index in [1.165, 1.54) is 23.0 Å². The van der Waals surface area contributed by atoms with Gasteiger partial charge in [0.2, 0.25) is 0 Å². The van der Waals surface area contributed by atoms with Gasteiger partial charge in [0.05, 0.1) is 22.0 Å². The largest absolute Gasteiger partial charge is 0.488 e. The molecule has 0 amide bonds. The summed E-state index contributed by atoms with van der Waals surface area (Å²) in [5.41, 5.74) is 1.50. The minimum atomic E-state index is -0.452. The molecule has 0 aliphatic carbocycles. The molecule has 4 rings (SSSR count). The zero-order chi connectivity index (χ0) is 25.8. The average molecular weight is 570 g/mol. The zero-order valence-corrected chi connectivity index (χ0v) is 21.9. The number of nitro benzene ring substituents is 1. The van der Waals surface area contributed by atoms with E-state index in [2.05, 4.69) is 21.0 Å². The van der Waals surface area contributed by atoms with E-state index in [-0.39, 0.29) is 23.8 Å². The molecule has 1 aromatic heterocycles. The molecule has 36 heavy (non-hydrogen) atoms. The topological polar surface area (TPSA) is 99.6 Å². The summed E-state index contributed by atoms with van der Waals surface area (Å²) in [6, 6.07) is 16.6. The maximum Gasteiger partial charge on any atom is 0.282 e. The summed E-state index contributed by atoms with van der Waals surface area (Å²) >= 11 is 9.64. The summed E-state index contributed by atoms with van der Waals surface area (Å²) in [4.78, 5) is 28.7. The van der Waals surface area contributed by atoms with E-state index in [1.807, 2.05) is 19.9 Å². The van der Waals surface area contributed by atoms with Gasteiger partial charge in [-0.1, -0.05) is 53.5 Å². The molecular weight excluding hydrogens is 548 g/mol.